The van der Waals surface area contributed by atoms with Crippen LogP contribution in [0.5, 0.6) is 0 Å². The quantitative estimate of drug-likeness (QED) is 0.124. The third-order valence-electron chi connectivity index (χ3n) is 4.80. The van der Waals surface area contributed by atoms with Gasteiger partial charge in [0.25, 0.3) is 5.56 Å². The van der Waals surface area contributed by atoms with Crippen molar-refractivity contribution in [3.63, 3.8) is 0 Å². The van der Waals surface area contributed by atoms with E-state index in [0.29, 0.717) is 12.1 Å². The maximum atomic E-state index is 12.3. The molecule has 18 nitrogen and oxygen atoms in total. The summed E-state index contributed by atoms with van der Waals surface area (Å²) in [4.78, 5) is 74.3. The van der Waals surface area contributed by atoms with Gasteiger partial charge in [0.1, 0.15) is 12.3 Å². The maximum absolute atomic E-state index is 12.3. The second-order valence-corrected chi connectivity index (χ2v) is 12.1. The largest absolute Gasteiger partial charge is 0.490 e. The first-order valence-electron chi connectivity index (χ1n) is 10.4. The van der Waals surface area contributed by atoms with Gasteiger partial charge >= 0.3 is 29.2 Å². The number of phosphoric acid groups is 3. The van der Waals surface area contributed by atoms with E-state index in [-0.39, 0.29) is 12.0 Å². The first-order chi connectivity index (χ1) is 17.5. The lowest BCUT2D eigenvalue weighted by Gasteiger charge is -2.19. The summed E-state index contributed by atoms with van der Waals surface area (Å²) >= 11 is 0. The number of ether oxygens (including phenoxy) is 1. The molecule has 2 aliphatic rings. The molecule has 2 unspecified atom stereocenters. The van der Waals surface area contributed by atoms with Crippen LogP contribution in [-0.4, -0.2) is 59.0 Å². The number of carbonyl (C=O) groups is 1. The molecule has 0 saturated carbocycles. The minimum atomic E-state index is -5.74. The fourth-order valence-electron chi connectivity index (χ4n) is 3.25. The Morgan fingerprint density at radius 3 is 2.53 bits per heavy atom. The second kappa shape index (κ2) is 11.8. The van der Waals surface area contributed by atoms with Crippen LogP contribution >= 0.6 is 23.5 Å². The van der Waals surface area contributed by atoms with Crippen molar-refractivity contribution in [3.05, 3.63) is 62.6 Å². The molecule has 38 heavy (non-hydrogen) atoms. The number of aromatic nitrogens is 2. The molecule has 21 heteroatoms. The van der Waals surface area contributed by atoms with Crippen molar-refractivity contribution in [2.45, 2.75) is 31.3 Å². The van der Waals surface area contributed by atoms with Crippen LogP contribution in [0.4, 0.5) is 0 Å². The number of aromatic amines is 1. The summed E-state index contributed by atoms with van der Waals surface area (Å²) in [5.41, 5.74) is -1.23. The SMILES string of the molecule is O=C(/C=C/c1cn([C@H]2C[C@H](O)[C@@H](COP(=O)(O)OP(=O)(O)OP(=O)(O)O)O2)c(=O)[nH]c1=O)NC1=CC=CC1. The Morgan fingerprint density at radius 2 is 1.89 bits per heavy atom. The number of amides is 1. The Morgan fingerprint density at radius 1 is 1.18 bits per heavy atom. The van der Waals surface area contributed by atoms with Crippen molar-refractivity contribution in [2.75, 3.05) is 6.61 Å². The highest BCUT2D eigenvalue weighted by Gasteiger charge is 2.43. The molecule has 7 N–H and O–H groups in total. The third-order valence-corrected chi connectivity index (χ3v) is 8.60. The van der Waals surface area contributed by atoms with E-state index in [0.717, 1.165) is 22.9 Å². The van der Waals surface area contributed by atoms with Gasteiger partial charge < -0.3 is 34.7 Å². The van der Waals surface area contributed by atoms with Gasteiger partial charge in [0.2, 0.25) is 5.91 Å². The zero-order chi connectivity index (χ0) is 28.3. The van der Waals surface area contributed by atoms with Gasteiger partial charge in [-0.15, -0.1) is 0 Å². The van der Waals surface area contributed by atoms with E-state index in [4.69, 9.17) is 14.5 Å². The standard InChI is InChI=1S/C17H22N3O15P3/c21-12-7-15(33-13(12)9-32-37(28,29)35-38(30,31)34-36(25,26)27)20-8-10(16(23)19-17(20)24)5-6-14(22)18-11-3-1-2-4-11/h1-3,5-6,8,12-13,15,21H,4,7,9H2,(H,18,22)(H,28,29)(H,30,31)(H,19,23,24)(H2,25,26,27)/b6-5+/t12-,13+,15+/m0/s1. The van der Waals surface area contributed by atoms with Crippen LogP contribution in [0.1, 0.15) is 24.6 Å². The van der Waals surface area contributed by atoms with Crippen LogP contribution in [0.2, 0.25) is 0 Å². The minimum absolute atomic E-state index is 0.118. The fraction of sp³-hybridized carbons (Fsp3) is 0.353. The summed E-state index contributed by atoms with van der Waals surface area (Å²) in [7, 11) is -16.8. The highest BCUT2D eigenvalue weighted by atomic mass is 31.3. The first kappa shape index (κ1) is 30.2. The van der Waals surface area contributed by atoms with Gasteiger partial charge in [0.15, 0.2) is 0 Å². The first-order valence-corrected chi connectivity index (χ1v) is 14.9. The smallest absolute Gasteiger partial charge is 0.390 e. The molecule has 2 heterocycles. The van der Waals surface area contributed by atoms with Gasteiger partial charge in [-0.3, -0.25) is 23.7 Å². The number of nitrogens with zero attached hydrogens (tertiary/aromatic N) is 1. The highest BCUT2D eigenvalue weighted by molar-refractivity contribution is 7.66. The molecular formula is C17H22N3O15P3. The molecule has 1 fully saturated rings. The Kier molecular flexibility index (Phi) is 9.42. The molecule has 1 aromatic heterocycles. The summed E-state index contributed by atoms with van der Waals surface area (Å²) in [6.07, 6.45) is 4.77. The highest BCUT2D eigenvalue weighted by Crippen LogP contribution is 2.66. The lowest BCUT2D eigenvalue weighted by atomic mass is 10.2. The van der Waals surface area contributed by atoms with Crippen LogP contribution in [0.3, 0.4) is 0 Å². The Balaban J connectivity index is 1.65. The molecule has 3 rings (SSSR count). The average Bonchev–Trinajstić information content (AvgIpc) is 3.38. The van der Waals surface area contributed by atoms with E-state index < -0.39 is 65.7 Å². The topological polar surface area (TPSA) is 273 Å². The van der Waals surface area contributed by atoms with Gasteiger partial charge in [-0.1, -0.05) is 12.2 Å². The number of aliphatic hydroxyl groups is 1. The Labute approximate surface area is 212 Å². The predicted octanol–water partition coefficient (Wildman–Crippen LogP) is -0.499. The van der Waals surface area contributed by atoms with E-state index in [1.165, 1.54) is 0 Å². The molecule has 0 spiro atoms. The number of hydrogen-bond donors (Lipinski definition) is 7. The predicted molar refractivity (Wildman–Crippen MR) is 125 cm³/mol. The summed E-state index contributed by atoms with van der Waals surface area (Å²) < 4.78 is 51.9. The van der Waals surface area contributed by atoms with Crippen LogP contribution in [0, 0.1) is 0 Å². The maximum Gasteiger partial charge on any atom is 0.490 e. The fourth-order valence-corrected chi connectivity index (χ4v) is 6.28. The summed E-state index contributed by atoms with van der Waals surface area (Å²) in [5.74, 6) is -0.531. The van der Waals surface area contributed by atoms with E-state index >= 15 is 0 Å². The van der Waals surface area contributed by atoms with Crippen molar-refractivity contribution in [3.8, 4) is 0 Å². The molecular weight excluding hydrogens is 579 g/mol. The minimum Gasteiger partial charge on any atom is -0.390 e. The number of rotatable bonds is 11. The molecule has 1 amide bonds. The lowest BCUT2D eigenvalue weighted by molar-refractivity contribution is -0.115. The second-order valence-electron chi connectivity index (χ2n) is 7.72. The van der Waals surface area contributed by atoms with Crippen molar-refractivity contribution in [1.29, 1.82) is 0 Å². The van der Waals surface area contributed by atoms with E-state index in [1.54, 1.807) is 12.2 Å². The molecule has 0 aromatic carbocycles. The van der Waals surface area contributed by atoms with Gasteiger partial charge in [-0.25, -0.2) is 18.5 Å². The van der Waals surface area contributed by atoms with Crippen LogP contribution < -0.4 is 16.6 Å². The number of aliphatic hydroxyl groups excluding tert-OH is 1. The normalized spacial score (nSPS) is 24.8. The summed E-state index contributed by atoms with van der Waals surface area (Å²) in [6.45, 7) is -0.947. The van der Waals surface area contributed by atoms with E-state index in [2.05, 4.69) is 18.5 Å². The number of carbonyl (C=O) groups excluding carboxylic acids is 1. The van der Waals surface area contributed by atoms with Crippen LogP contribution in [0.25, 0.3) is 6.08 Å². The van der Waals surface area contributed by atoms with Gasteiger partial charge in [-0.05, 0) is 12.2 Å². The van der Waals surface area contributed by atoms with Crippen molar-refractivity contribution >= 4 is 35.5 Å². The van der Waals surface area contributed by atoms with E-state index in [1.807, 2.05) is 11.1 Å². The monoisotopic (exact) mass is 601 g/mol. The third kappa shape index (κ3) is 8.88. The van der Waals surface area contributed by atoms with Crippen molar-refractivity contribution in [2.24, 2.45) is 0 Å². The van der Waals surface area contributed by atoms with Gasteiger partial charge in [0.05, 0.1) is 18.3 Å². The molecule has 0 bridgehead atoms. The van der Waals surface area contributed by atoms with Gasteiger partial charge in [-0.2, -0.15) is 8.62 Å². The van der Waals surface area contributed by atoms with Crippen LogP contribution in [0.15, 0.2) is 45.8 Å². The number of allylic oxidation sites excluding steroid dienone is 3. The molecule has 1 aliphatic carbocycles. The number of phosphoric ester groups is 1. The Hall–Kier alpha value is -2.30. The van der Waals surface area contributed by atoms with Crippen LogP contribution in [-0.2, 0) is 36.4 Å². The molecule has 1 saturated heterocycles. The molecule has 210 valence electrons. The average molecular weight is 601 g/mol. The number of hydrogen-bond acceptors (Lipinski definition) is 11. The summed E-state index contributed by atoms with van der Waals surface area (Å²) in [6, 6.07) is 0. The van der Waals surface area contributed by atoms with E-state index in [9.17, 15) is 43.0 Å². The van der Waals surface area contributed by atoms with Crippen molar-refractivity contribution in [1.82, 2.24) is 14.9 Å². The molecule has 1 aliphatic heterocycles. The number of H-pyrrole nitrogens is 1. The lowest BCUT2D eigenvalue weighted by Crippen LogP contribution is -2.33. The summed E-state index contributed by atoms with van der Waals surface area (Å²) in [5, 5.41) is 12.8. The zero-order valence-electron chi connectivity index (χ0n) is 18.9. The molecule has 5 atom stereocenters. The molecule has 0 radical (unpaired) electrons. The Bertz CT molecular complexity index is 1420. The number of nitrogens with one attached hydrogen (secondary N) is 2. The molecule has 1 aromatic rings. The van der Waals surface area contributed by atoms with Crippen molar-refractivity contribution < 1.29 is 61.1 Å². The zero-order valence-corrected chi connectivity index (χ0v) is 21.6. The van der Waals surface area contributed by atoms with Gasteiger partial charge in [0, 0.05) is 30.8 Å².